The Labute approximate surface area is 233 Å². The molecule has 2 atom stereocenters. The zero-order chi connectivity index (χ0) is 26.8. The highest BCUT2D eigenvalue weighted by atomic mass is 32.2. The lowest BCUT2D eigenvalue weighted by Crippen LogP contribution is -2.47. The molecular formula is C35H40N2S. The first kappa shape index (κ1) is 26.6. The maximum atomic E-state index is 9.57. The van der Waals surface area contributed by atoms with E-state index < -0.39 is 0 Å². The summed E-state index contributed by atoms with van der Waals surface area (Å²) in [6.07, 6.45) is 11.4. The highest BCUT2D eigenvalue weighted by Crippen LogP contribution is 2.46. The molecule has 38 heavy (non-hydrogen) atoms. The van der Waals surface area contributed by atoms with Crippen molar-refractivity contribution >= 4 is 28.7 Å². The number of thioether (sulfide) groups is 1. The summed E-state index contributed by atoms with van der Waals surface area (Å²) in [5.74, 6) is 1.91. The summed E-state index contributed by atoms with van der Waals surface area (Å²) in [5.41, 5.74) is 11.9. The second-order valence-electron chi connectivity index (χ2n) is 11.4. The van der Waals surface area contributed by atoms with Gasteiger partial charge in [0.15, 0.2) is 0 Å². The van der Waals surface area contributed by atoms with E-state index in [1.807, 2.05) is 24.8 Å². The van der Waals surface area contributed by atoms with Crippen molar-refractivity contribution in [2.75, 3.05) is 6.54 Å². The normalized spacial score (nSPS) is 24.6. The fraction of sp³-hybridized carbons (Fsp3) is 0.371. The first-order chi connectivity index (χ1) is 18.3. The summed E-state index contributed by atoms with van der Waals surface area (Å²) in [6, 6.07) is 17.8. The number of amidine groups is 1. The maximum Gasteiger partial charge on any atom is 0.111 e. The predicted octanol–water partition coefficient (Wildman–Crippen LogP) is 9.28. The van der Waals surface area contributed by atoms with Crippen LogP contribution in [0.25, 0.3) is 11.1 Å². The van der Waals surface area contributed by atoms with Crippen LogP contribution in [-0.4, -0.2) is 28.6 Å². The van der Waals surface area contributed by atoms with Crippen molar-refractivity contribution in [3.63, 3.8) is 0 Å². The van der Waals surface area contributed by atoms with Gasteiger partial charge in [0.2, 0.25) is 0 Å². The van der Waals surface area contributed by atoms with Crippen molar-refractivity contribution < 1.29 is 0 Å². The molecule has 3 aliphatic rings. The maximum absolute atomic E-state index is 9.57. The Morgan fingerprint density at radius 3 is 2.45 bits per heavy atom. The first-order valence-electron chi connectivity index (χ1n) is 14.0. The molecule has 1 fully saturated rings. The highest BCUT2D eigenvalue weighted by molar-refractivity contribution is 8.01. The van der Waals surface area contributed by atoms with Crippen LogP contribution in [0.15, 0.2) is 95.1 Å². The molecular weight excluding hydrogens is 480 g/mol. The summed E-state index contributed by atoms with van der Waals surface area (Å²) in [5, 5.41) is 9.73. The molecule has 2 unspecified atom stereocenters. The van der Waals surface area contributed by atoms with Crippen LogP contribution in [0.1, 0.15) is 76.0 Å². The summed E-state index contributed by atoms with van der Waals surface area (Å²) in [4.78, 5) is 3.79. The quantitative estimate of drug-likeness (QED) is 0.233. The van der Waals surface area contributed by atoms with Gasteiger partial charge >= 0.3 is 0 Å². The van der Waals surface area contributed by atoms with Gasteiger partial charge in [-0.15, -0.1) is 17.5 Å². The van der Waals surface area contributed by atoms with Gasteiger partial charge in [0.25, 0.3) is 0 Å². The standard InChI is InChI=1S/C35H40N2S/c1-23(2)27-15-17-28(18-16-27)29-10-8-9-25(4)30(21-29)22-37(31-19-13-24(3)14-20-31)35(36)34-26(5)32-11-6-7-12-33(32)38-34/h6-8,10-12,15-18,21,24,26,31,34,36H,1,13-14,19-20,22H2,2-5H3. The lowest BCUT2D eigenvalue weighted by Gasteiger charge is -2.40. The number of nitrogens with zero attached hydrogens (tertiary/aromatic N) is 1. The van der Waals surface area contributed by atoms with E-state index in [1.165, 1.54) is 58.4 Å². The van der Waals surface area contributed by atoms with Crippen LogP contribution in [0.4, 0.5) is 0 Å². The molecule has 0 saturated heterocycles. The molecule has 0 bridgehead atoms. The summed E-state index contributed by atoms with van der Waals surface area (Å²) < 4.78 is 0. The molecule has 0 radical (unpaired) electrons. The number of fused-ring (bicyclic) bond motifs is 1. The van der Waals surface area contributed by atoms with Gasteiger partial charge in [-0.05, 0) is 103 Å². The molecule has 1 heterocycles. The average Bonchev–Trinajstić information content (AvgIpc) is 3.15. The van der Waals surface area contributed by atoms with E-state index in [9.17, 15) is 5.41 Å². The first-order valence-corrected chi connectivity index (χ1v) is 14.9. The minimum absolute atomic E-state index is 0.155. The van der Waals surface area contributed by atoms with Gasteiger partial charge in [-0.1, -0.05) is 68.5 Å². The minimum atomic E-state index is 0.155. The molecule has 2 nitrogen and oxygen atoms in total. The van der Waals surface area contributed by atoms with E-state index >= 15 is 0 Å². The zero-order valence-corrected chi connectivity index (χ0v) is 24.1. The lowest BCUT2D eigenvalue weighted by molar-refractivity contribution is 0.219. The number of rotatable bonds is 6. The number of hydrogen-bond donors (Lipinski definition) is 1. The third-order valence-electron chi connectivity index (χ3n) is 8.55. The second kappa shape index (κ2) is 11.4. The summed E-state index contributed by atoms with van der Waals surface area (Å²) in [7, 11) is 0. The van der Waals surface area contributed by atoms with Crippen LogP contribution in [0, 0.1) is 11.3 Å². The molecule has 0 amide bonds. The fourth-order valence-electron chi connectivity index (χ4n) is 5.95. The molecule has 1 N–H and O–H groups in total. The van der Waals surface area contributed by atoms with Gasteiger partial charge < -0.3 is 4.90 Å². The predicted molar refractivity (Wildman–Crippen MR) is 165 cm³/mol. The van der Waals surface area contributed by atoms with Crippen LogP contribution < -0.4 is 0 Å². The minimum Gasteiger partial charge on any atom is -0.352 e. The molecule has 2 aromatic carbocycles. The van der Waals surface area contributed by atoms with Crippen molar-refractivity contribution in [3.05, 3.63) is 107 Å². The summed E-state index contributed by atoms with van der Waals surface area (Å²) >= 11 is 1.88. The van der Waals surface area contributed by atoms with Crippen LogP contribution in [-0.2, 0) is 0 Å². The second-order valence-corrected chi connectivity index (χ2v) is 12.6. The summed E-state index contributed by atoms with van der Waals surface area (Å²) in [6.45, 7) is 13.7. The Morgan fingerprint density at radius 2 is 1.76 bits per heavy atom. The number of benzene rings is 2. The van der Waals surface area contributed by atoms with Crippen LogP contribution in [0.3, 0.4) is 0 Å². The van der Waals surface area contributed by atoms with E-state index in [2.05, 4.69) is 98.7 Å². The molecule has 5 rings (SSSR count). The molecule has 196 valence electrons. The largest absolute Gasteiger partial charge is 0.352 e. The Balaban J connectivity index is 1.45. The number of nitrogens with one attached hydrogen (secondary N) is 1. The molecule has 2 aromatic rings. The van der Waals surface area contributed by atoms with E-state index in [0.29, 0.717) is 12.0 Å². The van der Waals surface area contributed by atoms with Crippen molar-refractivity contribution in [2.24, 2.45) is 5.92 Å². The van der Waals surface area contributed by atoms with E-state index in [1.54, 1.807) is 0 Å². The third kappa shape index (κ3) is 5.55. The highest BCUT2D eigenvalue weighted by Gasteiger charge is 2.37. The number of hydrogen-bond acceptors (Lipinski definition) is 2. The molecule has 0 spiro atoms. The van der Waals surface area contributed by atoms with Crippen LogP contribution >= 0.6 is 11.8 Å². The lowest BCUT2D eigenvalue weighted by atomic mass is 9.85. The fourth-order valence-corrected chi connectivity index (χ4v) is 7.37. The Kier molecular flexibility index (Phi) is 7.98. The molecule has 1 saturated carbocycles. The third-order valence-corrected chi connectivity index (χ3v) is 10.1. The SMILES string of the molecule is C=C(C)c1ccc(C2=CC=C=C(C)C(CN(C(=N)C3Sc4ccccc4C3C)C3CCC(C)CC3)=C2)cc1. The van der Waals surface area contributed by atoms with Gasteiger partial charge in [-0.3, -0.25) is 5.41 Å². The van der Waals surface area contributed by atoms with E-state index in [-0.39, 0.29) is 5.25 Å². The average molecular weight is 521 g/mol. The van der Waals surface area contributed by atoms with Gasteiger partial charge in [0.05, 0.1) is 5.25 Å². The Hall–Kier alpha value is -3.00. The molecule has 1 aliphatic heterocycles. The topological polar surface area (TPSA) is 27.1 Å². The molecule has 2 aliphatic carbocycles. The molecule has 0 aromatic heterocycles. The Morgan fingerprint density at radius 1 is 1.05 bits per heavy atom. The Bertz CT molecular complexity index is 1340. The van der Waals surface area contributed by atoms with Crippen molar-refractivity contribution in [2.45, 2.75) is 75.5 Å². The van der Waals surface area contributed by atoms with E-state index in [4.69, 9.17) is 0 Å². The van der Waals surface area contributed by atoms with Crippen molar-refractivity contribution in [1.29, 1.82) is 5.41 Å². The smallest absolute Gasteiger partial charge is 0.111 e. The van der Waals surface area contributed by atoms with Crippen LogP contribution in [0.5, 0.6) is 0 Å². The monoisotopic (exact) mass is 520 g/mol. The van der Waals surface area contributed by atoms with Gasteiger partial charge in [-0.25, -0.2) is 0 Å². The number of allylic oxidation sites excluding steroid dienone is 4. The molecule has 3 heteroatoms. The van der Waals surface area contributed by atoms with Crippen molar-refractivity contribution in [1.82, 2.24) is 4.90 Å². The van der Waals surface area contributed by atoms with Gasteiger partial charge in [0, 0.05) is 23.4 Å². The van der Waals surface area contributed by atoms with E-state index in [0.717, 1.165) is 29.4 Å². The zero-order valence-electron chi connectivity index (χ0n) is 23.3. The van der Waals surface area contributed by atoms with Crippen LogP contribution in [0.2, 0.25) is 0 Å². The van der Waals surface area contributed by atoms with Crippen molar-refractivity contribution in [3.8, 4) is 0 Å². The van der Waals surface area contributed by atoms with Gasteiger partial charge in [0.1, 0.15) is 5.84 Å². The van der Waals surface area contributed by atoms with Gasteiger partial charge in [-0.2, -0.15) is 0 Å².